The summed E-state index contributed by atoms with van der Waals surface area (Å²) in [6, 6.07) is 2.81. The fraction of sp³-hybridized carbons (Fsp3) is 0.788. The fourth-order valence-electron chi connectivity index (χ4n) is 10.2. The molecular weight excluding hydrogens is 512 g/mol. The average molecular weight is 565 g/mol. The van der Waals surface area contributed by atoms with E-state index in [1.165, 1.54) is 49.8 Å². The molecule has 10 atom stereocenters. The number of pyridine rings is 1. The van der Waals surface area contributed by atoms with Gasteiger partial charge < -0.3 is 10.6 Å². The van der Waals surface area contributed by atoms with Crippen molar-refractivity contribution in [2.24, 2.45) is 35.5 Å². The number of hydrogen-bond acceptors (Lipinski definition) is 8. The lowest BCUT2D eigenvalue weighted by molar-refractivity contribution is -0.123. The molecule has 8 heteroatoms. The zero-order chi connectivity index (χ0) is 29.0. The Hall–Kier alpha value is -1.87. The second-order valence-corrected chi connectivity index (χ2v) is 14.3. The van der Waals surface area contributed by atoms with Crippen molar-refractivity contribution >= 4 is 17.3 Å². The minimum absolute atomic E-state index is 0.0101. The van der Waals surface area contributed by atoms with Crippen LogP contribution in [0.3, 0.4) is 0 Å². The Kier molecular flexibility index (Phi) is 8.31. The van der Waals surface area contributed by atoms with Gasteiger partial charge in [0.1, 0.15) is 11.6 Å². The van der Waals surface area contributed by atoms with Crippen LogP contribution in [0.4, 0.5) is 5.69 Å². The van der Waals surface area contributed by atoms with Crippen LogP contribution in [0.5, 0.6) is 0 Å². The summed E-state index contributed by atoms with van der Waals surface area (Å²) >= 11 is 0. The zero-order valence-corrected chi connectivity index (χ0v) is 26.0. The molecule has 6 heterocycles. The number of carbonyl (C=O) groups is 2. The normalized spacial score (nSPS) is 40.3. The molecule has 6 aliphatic rings. The van der Waals surface area contributed by atoms with Gasteiger partial charge in [0.2, 0.25) is 0 Å². The SMILES string of the molecule is CC(=O)C1C(C(C)C)C2c3cnccc3NC2N1C.CC(=O)C1C(C2CCCCC2)C2C3CCNCC3NC2N1C. The van der Waals surface area contributed by atoms with Crippen molar-refractivity contribution in [3.05, 3.63) is 24.0 Å². The summed E-state index contributed by atoms with van der Waals surface area (Å²) in [5.41, 5.74) is 2.44. The number of carbonyl (C=O) groups excluding carboxylic acids is 2. The number of aromatic nitrogens is 1. The molecule has 0 radical (unpaired) electrons. The van der Waals surface area contributed by atoms with E-state index in [0.717, 1.165) is 24.9 Å². The number of fused-ring (bicyclic) bond motifs is 6. The maximum atomic E-state index is 12.4. The van der Waals surface area contributed by atoms with Gasteiger partial charge >= 0.3 is 0 Å². The third kappa shape index (κ3) is 4.96. The Morgan fingerprint density at radius 1 is 0.951 bits per heavy atom. The molecule has 4 saturated heterocycles. The lowest BCUT2D eigenvalue weighted by Crippen LogP contribution is -2.51. The first-order chi connectivity index (χ1) is 19.7. The van der Waals surface area contributed by atoms with E-state index in [2.05, 4.69) is 58.7 Å². The van der Waals surface area contributed by atoms with Gasteiger partial charge in [-0.2, -0.15) is 0 Å². The summed E-state index contributed by atoms with van der Waals surface area (Å²) in [5, 5.41) is 11.0. The summed E-state index contributed by atoms with van der Waals surface area (Å²) < 4.78 is 0. The standard InChI is InChI=1S/C18H31N3O.C15H21N3O/c1-11(22)17-15(12-6-4-3-5-7-12)16-13-8-9-19-10-14(13)20-18(16)21(17)2;1-8(2)12-13-10-7-16-6-5-11(10)17-15(13)18(4)14(12)9(3)19/h12-20H,3-10H2,1-2H3;5-8,12-15,17H,1-4H3. The van der Waals surface area contributed by atoms with Gasteiger partial charge in [0.25, 0.3) is 0 Å². The second-order valence-electron chi connectivity index (χ2n) is 14.3. The van der Waals surface area contributed by atoms with Gasteiger partial charge in [-0.05, 0) is 82.5 Å². The topological polar surface area (TPSA) is 89.6 Å². The van der Waals surface area contributed by atoms with E-state index in [1.54, 1.807) is 6.92 Å². The Morgan fingerprint density at radius 2 is 1.66 bits per heavy atom. The number of nitrogens with one attached hydrogen (secondary N) is 3. The molecule has 1 aromatic heterocycles. The molecule has 5 fully saturated rings. The Balaban J connectivity index is 0.000000149. The molecule has 1 aliphatic carbocycles. The second kappa shape index (κ2) is 11.7. The summed E-state index contributed by atoms with van der Waals surface area (Å²) in [4.78, 5) is 33.3. The summed E-state index contributed by atoms with van der Waals surface area (Å²) in [7, 11) is 4.24. The third-order valence-electron chi connectivity index (χ3n) is 11.8. The van der Waals surface area contributed by atoms with Crippen molar-refractivity contribution in [1.82, 2.24) is 25.4 Å². The first-order valence-electron chi connectivity index (χ1n) is 16.3. The highest BCUT2D eigenvalue weighted by atomic mass is 16.1. The van der Waals surface area contributed by atoms with Crippen molar-refractivity contribution < 1.29 is 9.59 Å². The lowest BCUT2D eigenvalue weighted by atomic mass is 9.67. The molecule has 41 heavy (non-hydrogen) atoms. The van der Waals surface area contributed by atoms with Crippen molar-refractivity contribution in [2.45, 2.75) is 103 Å². The molecular formula is C33H52N6O2. The molecule has 7 rings (SSSR count). The van der Waals surface area contributed by atoms with Gasteiger partial charge in [0.15, 0.2) is 0 Å². The van der Waals surface area contributed by atoms with Gasteiger partial charge in [-0.15, -0.1) is 0 Å². The fourth-order valence-corrected chi connectivity index (χ4v) is 10.2. The Morgan fingerprint density at radius 3 is 2.34 bits per heavy atom. The molecule has 0 amide bonds. The number of anilines is 1. The molecule has 0 spiro atoms. The van der Waals surface area contributed by atoms with E-state index in [1.807, 2.05) is 25.4 Å². The largest absolute Gasteiger partial charge is 0.369 e. The molecule has 8 nitrogen and oxygen atoms in total. The maximum Gasteiger partial charge on any atom is 0.147 e. The van der Waals surface area contributed by atoms with Crippen LogP contribution in [-0.4, -0.2) is 84.0 Å². The summed E-state index contributed by atoms with van der Waals surface area (Å²) in [5.74, 6) is 4.66. The molecule has 0 aromatic carbocycles. The number of nitrogens with zero attached hydrogens (tertiary/aromatic N) is 3. The highest BCUT2D eigenvalue weighted by Gasteiger charge is 2.59. The molecule has 0 bridgehead atoms. The number of Topliss-reactive ketones (excluding diaryl/α,β-unsaturated/α-hetero) is 2. The van der Waals surface area contributed by atoms with E-state index >= 15 is 0 Å². The predicted molar refractivity (Wildman–Crippen MR) is 162 cm³/mol. The van der Waals surface area contributed by atoms with Gasteiger partial charge in [-0.1, -0.05) is 46.0 Å². The first-order valence-corrected chi connectivity index (χ1v) is 16.3. The van der Waals surface area contributed by atoms with E-state index in [4.69, 9.17) is 0 Å². The van der Waals surface area contributed by atoms with E-state index in [9.17, 15) is 9.59 Å². The monoisotopic (exact) mass is 564 g/mol. The van der Waals surface area contributed by atoms with Crippen LogP contribution in [0.2, 0.25) is 0 Å². The van der Waals surface area contributed by atoms with Gasteiger partial charge in [0.05, 0.1) is 24.4 Å². The smallest absolute Gasteiger partial charge is 0.147 e. The van der Waals surface area contributed by atoms with Gasteiger partial charge in [-0.3, -0.25) is 29.7 Å². The van der Waals surface area contributed by atoms with Crippen LogP contribution < -0.4 is 16.0 Å². The number of ketones is 2. The highest BCUT2D eigenvalue weighted by molar-refractivity contribution is 5.83. The van der Waals surface area contributed by atoms with Gasteiger partial charge in [0, 0.05) is 42.1 Å². The highest BCUT2D eigenvalue weighted by Crippen LogP contribution is 2.52. The third-order valence-corrected chi connectivity index (χ3v) is 11.8. The van der Waals surface area contributed by atoms with Crippen molar-refractivity contribution in [2.75, 3.05) is 32.5 Å². The number of piperidine rings is 1. The number of likely N-dealkylation sites (tertiary alicyclic amines) is 2. The van der Waals surface area contributed by atoms with Gasteiger partial charge in [-0.25, -0.2) is 0 Å². The van der Waals surface area contributed by atoms with Crippen LogP contribution in [0, 0.1) is 35.5 Å². The van der Waals surface area contributed by atoms with E-state index in [-0.39, 0.29) is 24.0 Å². The molecule has 3 N–H and O–H groups in total. The minimum Gasteiger partial charge on any atom is -0.369 e. The van der Waals surface area contributed by atoms with Crippen LogP contribution in [0.1, 0.15) is 77.7 Å². The molecule has 226 valence electrons. The molecule has 5 aliphatic heterocycles. The summed E-state index contributed by atoms with van der Waals surface area (Å²) in [6.07, 6.45) is 12.5. The maximum absolute atomic E-state index is 12.4. The minimum atomic E-state index is 0.0101. The quantitative estimate of drug-likeness (QED) is 0.510. The average Bonchev–Trinajstić information content (AvgIpc) is 3.67. The lowest BCUT2D eigenvalue weighted by Gasteiger charge is -2.38. The van der Waals surface area contributed by atoms with E-state index in [0.29, 0.717) is 47.6 Å². The van der Waals surface area contributed by atoms with Crippen molar-refractivity contribution in [3.8, 4) is 0 Å². The van der Waals surface area contributed by atoms with Crippen LogP contribution in [0.25, 0.3) is 0 Å². The summed E-state index contributed by atoms with van der Waals surface area (Å²) in [6.45, 7) is 10.2. The zero-order valence-electron chi connectivity index (χ0n) is 26.0. The predicted octanol–water partition coefficient (Wildman–Crippen LogP) is 3.70. The number of rotatable bonds is 4. The molecule has 10 unspecified atom stereocenters. The number of hydrogen-bond donors (Lipinski definition) is 3. The van der Waals surface area contributed by atoms with Crippen LogP contribution in [0.15, 0.2) is 18.5 Å². The Labute approximate surface area is 246 Å². The first kappa shape index (κ1) is 29.2. The Bertz CT molecular complexity index is 1120. The van der Waals surface area contributed by atoms with Crippen LogP contribution >= 0.6 is 0 Å². The van der Waals surface area contributed by atoms with Crippen LogP contribution in [-0.2, 0) is 9.59 Å². The molecule has 1 saturated carbocycles. The van der Waals surface area contributed by atoms with Crippen molar-refractivity contribution in [3.63, 3.8) is 0 Å². The number of likely N-dealkylation sites (N-methyl/N-ethyl adjacent to an activating group) is 2. The molecule has 1 aromatic rings. The van der Waals surface area contributed by atoms with E-state index < -0.39 is 0 Å². The van der Waals surface area contributed by atoms with Crippen molar-refractivity contribution in [1.29, 1.82) is 0 Å².